The Morgan fingerprint density at radius 1 is 1.11 bits per heavy atom. The molecule has 7 nitrogen and oxygen atoms in total. The van der Waals surface area contributed by atoms with E-state index in [1.165, 1.54) is 37.4 Å². The molecule has 2 heterocycles. The van der Waals surface area contributed by atoms with E-state index in [0.717, 1.165) is 0 Å². The van der Waals surface area contributed by atoms with Gasteiger partial charge in [-0.15, -0.1) is 0 Å². The molecular weight excluding hydrogens is 466 g/mol. The molecule has 0 saturated carbocycles. The third-order valence-corrected chi connectivity index (χ3v) is 6.04. The maximum Gasteiger partial charge on any atom is 0.252 e. The van der Waals surface area contributed by atoms with E-state index in [9.17, 15) is 14.3 Å². The van der Waals surface area contributed by atoms with Crippen molar-refractivity contribution in [1.29, 1.82) is 0 Å². The molecule has 36 heavy (non-hydrogen) atoms. The minimum atomic E-state index is -0.702. The van der Waals surface area contributed by atoms with E-state index >= 15 is 4.39 Å². The molecule has 9 heteroatoms. The van der Waals surface area contributed by atoms with Crippen molar-refractivity contribution in [1.82, 2.24) is 20.5 Å². The number of ether oxygens (including phenoxy) is 1. The van der Waals surface area contributed by atoms with Crippen LogP contribution in [-0.4, -0.2) is 52.1 Å². The maximum atomic E-state index is 15.2. The number of benzene rings is 2. The number of halogens is 2. The highest BCUT2D eigenvalue weighted by Crippen LogP contribution is 2.33. The van der Waals surface area contributed by atoms with Crippen molar-refractivity contribution in [3.63, 3.8) is 0 Å². The standard InChI is InChI=1S/C27H26F2N4O3/c1-16-25(17-9-11-18(28)12-10-17)32-33-26(16)24-20(7-5-8-21(24)29)27(35)31-22(23(15-34)36-2)14-19-6-3-4-13-30-19/h3-13,22-23,34H,14-15H2,1-2H3,(H,31,35)(H,32,33)/t22-,23-/m1/s1. The molecule has 0 saturated heterocycles. The molecule has 0 fully saturated rings. The molecule has 3 N–H and O–H groups in total. The number of nitrogens with zero attached hydrogens (tertiary/aromatic N) is 2. The van der Waals surface area contributed by atoms with Gasteiger partial charge in [0.25, 0.3) is 5.91 Å². The predicted molar refractivity (Wildman–Crippen MR) is 131 cm³/mol. The Balaban J connectivity index is 1.69. The molecule has 0 radical (unpaired) electrons. The van der Waals surface area contributed by atoms with Crippen LogP contribution in [0.3, 0.4) is 0 Å². The third kappa shape index (κ3) is 5.32. The van der Waals surface area contributed by atoms with Crippen LogP contribution in [0.1, 0.15) is 21.6 Å². The summed E-state index contributed by atoms with van der Waals surface area (Å²) in [6.07, 6.45) is 1.24. The molecule has 0 spiro atoms. The van der Waals surface area contributed by atoms with Crippen LogP contribution in [0.5, 0.6) is 0 Å². The van der Waals surface area contributed by atoms with E-state index in [1.807, 2.05) is 12.1 Å². The zero-order chi connectivity index (χ0) is 25.7. The van der Waals surface area contributed by atoms with Gasteiger partial charge in [-0.05, 0) is 55.5 Å². The summed E-state index contributed by atoms with van der Waals surface area (Å²) in [4.78, 5) is 17.7. The van der Waals surface area contributed by atoms with Crippen LogP contribution >= 0.6 is 0 Å². The number of nitrogens with one attached hydrogen (secondary N) is 2. The summed E-state index contributed by atoms with van der Waals surface area (Å²) >= 11 is 0. The SMILES string of the molecule is CO[C@H](CO)[C@@H](Cc1ccccn1)NC(=O)c1cccc(F)c1-c1[nH]nc(-c2ccc(F)cc2)c1C. The second kappa shape index (κ2) is 11.2. The average Bonchev–Trinajstić information content (AvgIpc) is 3.26. The minimum Gasteiger partial charge on any atom is -0.394 e. The van der Waals surface area contributed by atoms with Crippen LogP contribution in [-0.2, 0) is 11.2 Å². The Hall–Kier alpha value is -3.95. The molecule has 0 aliphatic carbocycles. The topological polar surface area (TPSA) is 100 Å². The first-order valence-corrected chi connectivity index (χ1v) is 11.4. The largest absolute Gasteiger partial charge is 0.394 e. The Kier molecular flexibility index (Phi) is 7.82. The van der Waals surface area contributed by atoms with Crippen molar-refractivity contribution in [2.75, 3.05) is 13.7 Å². The fourth-order valence-corrected chi connectivity index (χ4v) is 4.13. The molecule has 2 aromatic carbocycles. The number of carbonyl (C=O) groups excluding carboxylic acids is 1. The fourth-order valence-electron chi connectivity index (χ4n) is 4.13. The zero-order valence-corrected chi connectivity index (χ0v) is 19.8. The van der Waals surface area contributed by atoms with Crippen LogP contribution in [0.4, 0.5) is 8.78 Å². The Morgan fingerprint density at radius 2 is 1.89 bits per heavy atom. The van der Waals surface area contributed by atoms with Crippen LogP contribution in [0.25, 0.3) is 22.5 Å². The number of aromatic amines is 1. The maximum absolute atomic E-state index is 15.2. The summed E-state index contributed by atoms with van der Waals surface area (Å²) in [7, 11) is 1.44. The number of amides is 1. The minimum absolute atomic E-state index is 0.0583. The second-order valence-electron chi connectivity index (χ2n) is 8.30. The number of methoxy groups -OCH3 is 1. The number of pyridine rings is 1. The van der Waals surface area contributed by atoms with E-state index in [0.29, 0.717) is 34.6 Å². The van der Waals surface area contributed by atoms with Gasteiger partial charge in [0.15, 0.2) is 0 Å². The zero-order valence-electron chi connectivity index (χ0n) is 19.8. The van der Waals surface area contributed by atoms with Crippen LogP contribution in [0.2, 0.25) is 0 Å². The second-order valence-corrected chi connectivity index (χ2v) is 8.30. The third-order valence-electron chi connectivity index (χ3n) is 6.04. The summed E-state index contributed by atoms with van der Waals surface area (Å²) in [6, 6.07) is 14.8. The lowest BCUT2D eigenvalue weighted by Gasteiger charge is -2.26. The van der Waals surface area contributed by atoms with E-state index in [1.54, 1.807) is 31.3 Å². The van der Waals surface area contributed by atoms with Crippen LogP contribution in [0, 0.1) is 18.6 Å². The van der Waals surface area contributed by atoms with Crippen molar-refractivity contribution in [3.8, 4) is 22.5 Å². The molecule has 0 bridgehead atoms. The lowest BCUT2D eigenvalue weighted by molar-refractivity contribution is 0.0214. The van der Waals surface area contributed by atoms with Gasteiger partial charge in [-0.1, -0.05) is 12.1 Å². The normalized spacial score (nSPS) is 12.8. The molecule has 0 unspecified atom stereocenters. The molecule has 2 aromatic heterocycles. The smallest absolute Gasteiger partial charge is 0.252 e. The first-order valence-electron chi connectivity index (χ1n) is 11.4. The number of carbonyl (C=O) groups is 1. The summed E-state index contributed by atoms with van der Waals surface area (Å²) in [5.74, 6) is -1.53. The Morgan fingerprint density at radius 3 is 2.56 bits per heavy atom. The first kappa shape index (κ1) is 25.2. The first-order chi connectivity index (χ1) is 17.4. The van der Waals surface area contributed by atoms with Crippen LogP contribution in [0.15, 0.2) is 66.9 Å². The van der Waals surface area contributed by atoms with Gasteiger partial charge < -0.3 is 15.2 Å². The molecule has 0 aliphatic heterocycles. The summed E-state index contributed by atoms with van der Waals surface area (Å²) in [5, 5.41) is 19.8. The summed E-state index contributed by atoms with van der Waals surface area (Å²) in [5.41, 5.74) is 2.97. The molecule has 1 amide bonds. The van der Waals surface area contributed by atoms with E-state index in [4.69, 9.17) is 4.74 Å². The summed E-state index contributed by atoms with van der Waals surface area (Å²) < 4.78 is 33.9. The van der Waals surface area contributed by atoms with Gasteiger partial charge >= 0.3 is 0 Å². The van der Waals surface area contributed by atoms with Crippen molar-refractivity contribution in [2.45, 2.75) is 25.5 Å². The number of aliphatic hydroxyl groups excluding tert-OH is 1. The predicted octanol–water partition coefficient (Wildman–Crippen LogP) is 4.07. The number of aliphatic hydroxyl groups is 1. The van der Waals surface area contributed by atoms with E-state index < -0.39 is 23.9 Å². The van der Waals surface area contributed by atoms with Gasteiger partial charge in [0.05, 0.1) is 29.6 Å². The number of aromatic nitrogens is 3. The molecule has 4 aromatic rings. The molecule has 2 atom stereocenters. The molecule has 186 valence electrons. The van der Waals surface area contributed by atoms with Gasteiger partial charge in [0.2, 0.25) is 0 Å². The van der Waals surface area contributed by atoms with Crippen molar-refractivity contribution in [2.24, 2.45) is 0 Å². The molecule has 4 rings (SSSR count). The van der Waals surface area contributed by atoms with Gasteiger partial charge in [0, 0.05) is 42.1 Å². The Bertz CT molecular complexity index is 1320. The van der Waals surface area contributed by atoms with Gasteiger partial charge in [0.1, 0.15) is 17.7 Å². The number of hydrogen-bond donors (Lipinski definition) is 3. The number of hydrogen-bond acceptors (Lipinski definition) is 5. The van der Waals surface area contributed by atoms with Crippen molar-refractivity contribution < 1.29 is 23.4 Å². The van der Waals surface area contributed by atoms with Crippen LogP contribution < -0.4 is 5.32 Å². The molecule has 0 aliphatic rings. The number of rotatable bonds is 9. The van der Waals surface area contributed by atoms with Gasteiger partial charge in [-0.25, -0.2) is 8.78 Å². The lowest BCUT2D eigenvalue weighted by Crippen LogP contribution is -2.47. The lowest BCUT2D eigenvalue weighted by atomic mass is 9.97. The quantitative estimate of drug-likeness (QED) is 0.327. The monoisotopic (exact) mass is 492 g/mol. The summed E-state index contributed by atoms with van der Waals surface area (Å²) in [6.45, 7) is 1.42. The average molecular weight is 493 g/mol. The molecular formula is C27H26F2N4O3. The number of H-pyrrole nitrogens is 1. The van der Waals surface area contributed by atoms with Gasteiger partial charge in [-0.2, -0.15) is 5.10 Å². The fraction of sp³-hybridized carbons (Fsp3) is 0.222. The highest BCUT2D eigenvalue weighted by molar-refractivity contribution is 6.01. The highest BCUT2D eigenvalue weighted by atomic mass is 19.1. The van der Waals surface area contributed by atoms with E-state index in [2.05, 4.69) is 20.5 Å². The van der Waals surface area contributed by atoms with Gasteiger partial charge in [-0.3, -0.25) is 14.9 Å². The highest BCUT2D eigenvalue weighted by Gasteiger charge is 2.27. The van der Waals surface area contributed by atoms with Crippen molar-refractivity contribution >= 4 is 5.91 Å². The van der Waals surface area contributed by atoms with E-state index in [-0.39, 0.29) is 23.6 Å². The Labute approximate surface area is 207 Å². The van der Waals surface area contributed by atoms with Crippen molar-refractivity contribution in [3.05, 3.63) is 95.3 Å².